The maximum atomic E-state index is 12.1. The van der Waals surface area contributed by atoms with Gasteiger partial charge < -0.3 is 30.3 Å². The monoisotopic (exact) mass is 447 g/mol. The molecule has 0 bridgehead atoms. The topological polar surface area (TPSA) is 148 Å². The van der Waals surface area contributed by atoms with Gasteiger partial charge in [-0.1, -0.05) is 36.4 Å². The summed E-state index contributed by atoms with van der Waals surface area (Å²) >= 11 is 0. The van der Waals surface area contributed by atoms with Crippen LogP contribution in [0.3, 0.4) is 0 Å². The van der Waals surface area contributed by atoms with Crippen molar-refractivity contribution in [1.29, 1.82) is 0 Å². The number of carboxylic acids is 1. The van der Waals surface area contributed by atoms with Gasteiger partial charge in [0.1, 0.15) is 23.6 Å². The van der Waals surface area contributed by atoms with Gasteiger partial charge in [0.15, 0.2) is 0 Å². The summed E-state index contributed by atoms with van der Waals surface area (Å²) in [5.74, 6) is -1.88. The van der Waals surface area contributed by atoms with Gasteiger partial charge in [-0.25, -0.2) is 0 Å². The maximum Gasteiger partial charge on any atom is 0.325 e. The molecule has 3 unspecified atom stereocenters. The van der Waals surface area contributed by atoms with Crippen molar-refractivity contribution in [3.05, 3.63) is 59.7 Å². The summed E-state index contributed by atoms with van der Waals surface area (Å²) in [7, 11) is 0. The highest BCUT2D eigenvalue weighted by molar-refractivity contribution is 5.76. The van der Waals surface area contributed by atoms with E-state index in [4.69, 9.17) is 4.74 Å². The highest BCUT2D eigenvalue weighted by Crippen LogP contribution is 2.36. The number of carboxylic acid groups (broad SMARTS) is 1. The van der Waals surface area contributed by atoms with Crippen LogP contribution in [0.4, 0.5) is 0 Å². The quantitative estimate of drug-likeness (QED) is 0.274. The summed E-state index contributed by atoms with van der Waals surface area (Å²) in [6.07, 6.45) is -0.343. The minimum Gasteiger partial charge on any atom is -0.508 e. The minimum atomic E-state index is -1.21. The Balaban J connectivity index is 2.31. The molecule has 0 amide bonds. The fourth-order valence-electron chi connectivity index (χ4n) is 3.87. The maximum absolute atomic E-state index is 12.1. The van der Waals surface area contributed by atoms with Crippen molar-refractivity contribution in [2.24, 2.45) is 5.92 Å². The summed E-state index contributed by atoms with van der Waals surface area (Å²) in [6.45, 7) is -0.0700. The first-order valence-corrected chi connectivity index (χ1v) is 10.3. The first-order valence-electron chi connectivity index (χ1n) is 10.3. The van der Waals surface area contributed by atoms with Crippen LogP contribution in [0.15, 0.2) is 48.5 Å². The van der Waals surface area contributed by atoms with Crippen molar-refractivity contribution < 1.29 is 39.9 Å². The lowest BCUT2D eigenvalue weighted by molar-refractivity contribution is -0.144. The molecule has 0 saturated heterocycles. The molecule has 0 aromatic heterocycles. The number of para-hydroxylation sites is 2. The Morgan fingerprint density at radius 3 is 2.00 bits per heavy atom. The molecule has 2 aromatic carbocycles. The van der Waals surface area contributed by atoms with Gasteiger partial charge in [0, 0.05) is 30.2 Å². The van der Waals surface area contributed by atoms with E-state index in [2.05, 4.69) is 0 Å². The molecule has 0 spiro atoms. The van der Waals surface area contributed by atoms with E-state index in [-0.39, 0.29) is 62.7 Å². The standard InChI is InChI=1S/C23H29NO8/c25-13-10-16(22(32-15-27)18-6-2-4-8-20(18)29)9-11-24(12-14-26)21(23(30)31)17-5-1-3-7-19(17)28/h1-8,15-16,21-22,25-26,28-29H,9-14H2,(H,30,31). The number of aliphatic hydroxyl groups is 2. The highest BCUT2D eigenvalue weighted by atomic mass is 16.5. The number of aliphatic hydroxyl groups excluding tert-OH is 2. The van der Waals surface area contributed by atoms with E-state index in [0.717, 1.165) is 0 Å². The summed E-state index contributed by atoms with van der Waals surface area (Å²) < 4.78 is 5.25. The SMILES string of the molecule is O=COC(c1ccccc1O)C(CCO)CCN(CCO)C(C(=O)O)c1ccccc1O. The molecule has 3 atom stereocenters. The number of carbonyl (C=O) groups excluding carboxylic acids is 1. The Kier molecular flexibility index (Phi) is 9.93. The van der Waals surface area contributed by atoms with Crippen LogP contribution in [-0.4, -0.2) is 69.2 Å². The number of carbonyl (C=O) groups is 2. The lowest BCUT2D eigenvalue weighted by Crippen LogP contribution is -2.38. The predicted molar refractivity (Wildman–Crippen MR) is 115 cm³/mol. The van der Waals surface area contributed by atoms with Gasteiger partial charge in [-0.15, -0.1) is 0 Å². The number of ether oxygens (including phenoxy) is 1. The Labute approximate surface area is 186 Å². The molecule has 9 heteroatoms. The summed E-state index contributed by atoms with van der Waals surface area (Å²) in [6, 6.07) is 11.3. The van der Waals surface area contributed by atoms with Crippen molar-refractivity contribution in [3.8, 4) is 11.5 Å². The molecule has 5 N–H and O–H groups in total. The van der Waals surface area contributed by atoms with E-state index in [1.165, 1.54) is 23.1 Å². The fraction of sp³-hybridized carbons (Fsp3) is 0.391. The van der Waals surface area contributed by atoms with Gasteiger partial charge in [0.05, 0.1) is 6.61 Å². The third kappa shape index (κ3) is 6.43. The number of hydrogen-bond donors (Lipinski definition) is 5. The van der Waals surface area contributed by atoms with E-state index < -0.39 is 24.0 Å². The zero-order valence-electron chi connectivity index (χ0n) is 17.6. The lowest BCUT2D eigenvalue weighted by Gasteiger charge is -2.32. The van der Waals surface area contributed by atoms with Crippen LogP contribution < -0.4 is 0 Å². The molecule has 0 heterocycles. The second-order valence-corrected chi connectivity index (χ2v) is 7.33. The number of benzene rings is 2. The molecule has 0 aliphatic carbocycles. The van der Waals surface area contributed by atoms with Gasteiger partial charge in [-0.3, -0.25) is 14.5 Å². The number of phenolic OH excluding ortho intramolecular Hbond substituents is 2. The Morgan fingerprint density at radius 1 is 0.906 bits per heavy atom. The first kappa shape index (κ1) is 25.1. The van der Waals surface area contributed by atoms with E-state index in [9.17, 15) is 35.1 Å². The van der Waals surface area contributed by atoms with Crippen molar-refractivity contribution in [3.63, 3.8) is 0 Å². The molecule has 2 aromatic rings. The second kappa shape index (κ2) is 12.7. The third-order valence-corrected chi connectivity index (χ3v) is 5.38. The molecular formula is C23H29NO8. The molecule has 0 aliphatic rings. The average Bonchev–Trinajstić information content (AvgIpc) is 2.77. The van der Waals surface area contributed by atoms with Crippen LogP contribution in [-0.2, 0) is 14.3 Å². The summed E-state index contributed by atoms with van der Waals surface area (Å²) in [4.78, 5) is 24.7. The lowest BCUT2D eigenvalue weighted by atomic mass is 9.89. The van der Waals surface area contributed by atoms with Crippen molar-refractivity contribution >= 4 is 12.4 Å². The van der Waals surface area contributed by atoms with Crippen LogP contribution in [0.25, 0.3) is 0 Å². The van der Waals surface area contributed by atoms with Gasteiger partial charge in [-0.05, 0) is 31.5 Å². The second-order valence-electron chi connectivity index (χ2n) is 7.33. The van der Waals surface area contributed by atoms with Crippen molar-refractivity contribution in [1.82, 2.24) is 4.90 Å². The van der Waals surface area contributed by atoms with Gasteiger partial charge >= 0.3 is 5.97 Å². The number of rotatable bonds is 14. The van der Waals surface area contributed by atoms with Crippen LogP contribution in [0, 0.1) is 5.92 Å². The number of aliphatic carboxylic acids is 1. The third-order valence-electron chi connectivity index (χ3n) is 5.38. The number of hydrogen-bond acceptors (Lipinski definition) is 8. The van der Waals surface area contributed by atoms with Gasteiger partial charge in [0.2, 0.25) is 0 Å². The summed E-state index contributed by atoms with van der Waals surface area (Å²) in [5, 5.41) is 49.3. The molecule has 0 saturated carbocycles. The number of aromatic hydroxyl groups is 2. The molecule has 0 radical (unpaired) electrons. The summed E-state index contributed by atoms with van der Waals surface area (Å²) in [5.41, 5.74) is 0.566. The van der Waals surface area contributed by atoms with E-state index in [0.29, 0.717) is 5.56 Å². The van der Waals surface area contributed by atoms with Crippen LogP contribution >= 0.6 is 0 Å². The minimum absolute atomic E-state index is 0.0208. The smallest absolute Gasteiger partial charge is 0.325 e. The van der Waals surface area contributed by atoms with Crippen LogP contribution in [0.2, 0.25) is 0 Å². The van der Waals surface area contributed by atoms with Crippen LogP contribution in [0.1, 0.15) is 36.1 Å². The van der Waals surface area contributed by atoms with E-state index >= 15 is 0 Å². The van der Waals surface area contributed by atoms with Crippen molar-refractivity contribution in [2.45, 2.75) is 25.0 Å². The Hall–Kier alpha value is -3.14. The Morgan fingerprint density at radius 2 is 1.50 bits per heavy atom. The van der Waals surface area contributed by atoms with Crippen LogP contribution in [0.5, 0.6) is 11.5 Å². The van der Waals surface area contributed by atoms with Crippen molar-refractivity contribution in [2.75, 3.05) is 26.3 Å². The average molecular weight is 447 g/mol. The first-order chi connectivity index (χ1) is 15.4. The largest absolute Gasteiger partial charge is 0.508 e. The molecule has 2 rings (SSSR count). The molecule has 174 valence electrons. The molecular weight excluding hydrogens is 418 g/mol. The number of nitrogens with zero attached hydrogens (tertiary/aromatic N) is 1. The molecule has 0 fully saturated rings. The highest BCUT2D eigenvalue weighted by Gasteiger charge is 2.32. The normalized spacial score (nSPS) is 14.0. The van der Waals surface area contributed by atoms with E-state index in [1.54, 1.807) is 30.3 Å². The number of phenols is 2. The molecule has 9 nitrogen and oxygen atoms in total. The zero-order chi connectivity index (χ0) is 23.5. The van der Waals surface area contributed by atoms with Gasteiger partial charge in [0.25, 0.3) is 6.47 Å². The fourth-order valence-corrected chi connectivity index (χ4v) is 3.87. The molecule has 32 heavy (non-hydrogen) atoms. The predicted octanol–water partition coefficient (Wildman–Crippen LogP) is 1.82. The molecule has 0 aliphatic heterocycles. The Bertz CT molecular complexity index is 875. The van der Waals surface area contributed by atoms with Gasteiger partial charge in [-0.2, -0.15) is 0 Å². The zero-order valence-corrected chi connectivity index (χ0v) is 17.6. The van der Waals surface area contributed by atoms with E-state index in [1.807, 2.05) is 0 Å².